The molecule has 0 fully saturated rings. The molecule has 1 atom stereocenters. The Labute approximate surface area is 263 Å². The number of amides is 2. The number of hydrogen-bond acceptors (Lipinski definition) is 6. The van der Waals surface area contributed by atoms with Crippen molar-refractivity contribution >= 4 is 48.9 Å². The van der Waals surface area contributed by atoms with E-state index in [9.17, 15) is 9.59 Å². The lowest BCUT2D eigenvalue weighted by Crippen LogP contribution is -2.44. The van der Waals surface area contributed by atoms with E-state index in [1.807, 2.05) is 20.8 Å². The fourth-order valence-corrected chi connectivity index (χ4v) is 5.70. The molecule has 0 spiro atoms. The molecule has 10 nitrogen and oxygen atoms in total. The summed E-state index contributed by atoms with van der Waals surface area (Å²) in [6.45, 7) is 14.0. The van der Waals surface area contributed by atoms with Crippen molar-refractivity contribution < 1.29 is 18.7 Å². The highest BCUT2D eigenvalue weighted by Crippen LogP contribution is 2.30. The number of carbonyl (C=O) groups excluding carboxylic acids is 2. The molecule has 236 valence electrons. The van der Waals surface area contributed by atoms with Crippen molar-refractivity contribution in [3.8, 4) is 11.1 Å². The van der Waals surface area contributed by atoms with E-state index in [0.717, 1.165) is 11.7 Å². The van der Waals surface area contributed by atoms with E-state index in [-0.39, 0.29) is 24.5 Å². The summed E-state index contributed by atoms with van der Waals surface area (Å²) in [5.74, 6) is -1.71. The second-order valence-corrected chi connectivity index (χ2v) is 18.4. The zero-order chi connectivity index (χ0) is 31.7. The molecule has 0 saturated carbocycles. The number of pyridine rings is 1. The molecule has 3 rings (SSSR count). The van der Waals surface area contributed by atoms with Gasteiger partial charge >= 0.3 is 0 Å². The molecular formula is C29H42Cl2FN7O3Si. The van der Waals surface area contributed by atoms with Crippen LogP contribution in [0.1, 0.15) is 55.0 Å². The largest absolute Gasteiger partial charge is 0.360 e. The molecule has 0 aliphatic rings. The molecule has 3 aromatic rings. The molecule has 0 aliphatic heterocycles. The zero-order valence-corrected chi connectivity index (χ0v) is 28.2. The maximum absolute atomic E-state index is 15.5. The third kappa shape index (κ3) is 9.85. The van der Waals surface area contributed by atoms with E-state index in [2.05, 4.69) is 45.5 Å². The van der Waals surface area contributed by atoms with Crippen LogP contribution in [0.4, 0.5) is 10.2 Å². The van der Waals surface area contributed by atoms with Gasteiger partial charge in [-0.2, -0.15) is 14.6 Å². The van der Waals surface area contributed by atoms with Gasteiger partial charge in [-0.05, 0) is 63.8 Å². The fraction of sp³-hybridized carbons (Fsp3) is 0.552. The van der Waals surface area contributed by atoms with E-state index >= 15 is 4.39 Å². The van der Waals surface area contributed by atoms with Crippen molar-refractivity contribution in [2.24, 2.45) is 0 Å². The standard InChI is InChI=1S/C29H42Cl2FN7O3Si/c1-7-22-26(19(3)37-39(22)18-42-16-17-43(4,5)6)20-12-13-25(35-27(20)32)36-28(40)21(10-9-11-24(30)31)34-29(41)23-14-15-33-38(23)8-2/h12-15,21,24H,7-11,16-18H2,1-6H3,(H,34,41)(H,35,36,40)/t21-/m0/s1. The number of aryl methyl sites for hydroxylation is 2. The Morgan fingerprint density at radius 1 is 1.12 bits per heavy atom. The third-order valence-electron chi connectivity index (χ3n) is 6.93. The number of carbonyl (C=O) groups is 2. The molecule has 0 unspecified atom stereocenters. The number of anilines is 1. The van der Waals surface area contributed by atoms with Crippen molar-refractivity contribution in [2.45, 2.75) is 96.3 Å². The monoisotopic (exact) mass is 653 g/mol. The van der Waals surface area contributed by atoms with Gasteiger partial charge in [-0.25, -0.2) is 9.67 Å². The van der Waals surface area contributed by atoms with Gasteiger partial charge in [0.05, 0.1) is 5.69 Å². The summed E-state index contributed by atoms with van der Waals surface area (Å²) < 4.78 is 24.7. The van der Waals surface area contributed by atoms with Crippen LogP contribution in [0.2, 0.25) is 25.7 Å². The van der Waals surface area contributed by atoms with Crippen LogP contribution in [0.25, 0.3) is 11.1 Å². The van der Waals surface area contributed by atoms with Crippen LogP contribution in [0.5, 0.6) is 0 Å². The minimum absolute atomic E-state index is 0.0226. The molecule has 0 bridgehead atoms. The summed E-state index contributed by atoms with van der Waals surface area (Å²) in [4.78, 5) is 29.6. The summed E-state index contributed by atoms with van der Waals surface area (Å²) in [6.07, 6.45) is 3.33. The summed E-state index contributed by atoms with van der Waals surface area (Å²) in [5.41, 5.74) is 2.77. The molecule has 0 aromatic carbocycles. The van der Waals surface area contributed by atoms with Crippen LogP contribution in [-0.2, 0) is 29.2 Å². The molecule has 43 heavy (non-hydrogen) atoms. The Hall–Kier alpha value is -2.80. The van der Waals surface area contributed by atoms with E-state index in [1.54, 1.807) is 16.8 Å². The lowest BCUT2D eigenvalue weighted by Gasteiger charge is -2.19. The van der Waals surface area contributed by atoms with Gasteiger partial charge in [-0.3, -0.25) is 14.3 Å². The first-order valence-electron chi connectivity index (χ1n) is 14.6. The van der Waals surface area contributed by atoms with Crippen molar-refractivity contribution in [1.82, 2.24) is 29.9 Å². The molecule has 2 amide bonds. The predicted octanol–water partition coefficient (Wildman–Crippen LogP) is 6.19. The number of alkyl halides is 2. The first kappa shape index (κ1) is 34.7. The highest BCUT2D eigenvalue weighted by atomic mass is 35.5. The summed E-state index contributed by atoms with van der Waals surface area (Å²) in [7, 11) is -1.22. The maximum atomic E-state index is 15.5. The number of hydrogen-bond donors (Lipinski definition) is 2. The van der Waals surface area contributed by atoms with Gasteiger partial charge in [-0.1, -0.05) is 26.6 Å². The number of halogens is 3. The molecule has 0 aliphatic carbocycles. The first-order valence-corrected chi connectivity index (χ1v) is 19.1. The van der Waals surface area contributed by atoms with Gasteiger partial charge < -0.3 is 15.4 Å². The van der Waals surface area contributed by atoms with Crippen LogP contribution in [-0.4, -0.2) is 61.9 Å². The Balaban J connectivity index is 1.76. The van der Waals surface area contributed by atoms with Crippen molar-refractivity contribution in [1.29, 1.82) is 0 Å². The summed E-state index contributed by atoms with van der Waals surface area (Å²) >= 11 is 11.7. The number of ether oxygens (including phenoxy) is 1. The zero-order valence-electron chi connectivity index (χ0n) is 25.7. The lowest BCUT2D eigenvalue weighted by molar-refractivity contribution is -0.118. The number of aromatic nitrogens is 5. The second kappa shape index (κ2) is 15.8. The average Bonchev–Trinajstić information content (AvgIpc) is 3.53. The number of nitrogens with one attached hydrogen (secondary N) is 2. The summed E-state index contributed by atoms with van der Waals surface area (Å²) in [6, 6.07) is 4.80. The maximum Gasteiger partial charge on any atom is 0.270 e. The van der Waals surface area contributed by atoms with E-state index < -0.39 is 36.7 Å². The van der Waals surface area contributed by atoms with Gasteiger partial charge in [-0.15, -0.1) is 23.2 Å². The highest BCUT2D eigenvalue weighted by Gasteiger charge is 2.25. The molecular weight excluding hydrogens is 612 g/mol. The highest BCUT2D eigenvalue weighted by molar-refractivity contribution is 6.76. The Morgan fingerprint density at radius 3 is 2.49 bits per heavy atom. The minimum atomic E-state index is -1.22. The smallest absolute Gasteiger partial charge is 0.270 e. The lowest BCUT2D eigenvalue weighted by atomic mass is 10.0. The number of nitrogens with zero attached hydrogens (tertiary/aromatic N) is 5. The Bertz CT molecular complexity index is 1390. The van der Waals surface area contributed by atoms with Gasteiger partial charge in [0.1, 0.15) is 29.1 Å². The van der Waals surface area contributed by atoms with Crippen LogP contribution in [0.15, 0.2) is 24.4 Å². The molecule has 14 heteroatoms. The minimum Gasteiger partial charge on any atom is -0.360 e. The average molecular weight is 655 g/mol. The van der Waals surface area contributed by atoms with Gasteiger partial charge in [0.15, 0.2) is 0 Å². The van der Waals surface area contributed by atoms with Crippen LogP contribution in [0, 0.1) is 12.9 Å². The Morgan fingerprint density at radius 2 is 1.86 bits per heavy atom. The van der Waals surface area contributed by atoms with Crippen LogP contribution in [0.3, 0.4) is 0 Å². The first-order chi connectivity index (χ1) is 20.3. The molecule has 3 aromatic heterocycles. The van der Waals surface area contributed by atoms with Crippen molar-refractivity contribution in [3.05, 3.63) is 47.4 Å². The van der Waals surface area contributed by atoms with E-state index in [1.165, 1.54) is 16.9 Å². The van der Waals surface area contributed by atoms with Gasteiger partial charge in [0, 0.05) is 44.2 Å². The van der Waals surface area contributed by atoms with Crippen molar-refractivity contribution in [2.75, 3.05) is 11.9 Å². The third-order valence-corrected chi connectivity index (χ3v) is 9.07. The van der Waals surface area contributed by atoms with Gasteiger partial charge in [0.2, 0.25) is 11.9 Å². The second-order valence-electron chi connectivity index (χ2n) is 11.5. The summed E-state index contributed by atoms with van der Waals surface area (Å²) in [5, 5.41) is 14.1. The van der Waals surface area contributed by atoms with Gasteiger partial charge in [0.25, 0.3) is 5.91 Å². The number of rotatable bonds is 16. The normalized spacial score (nSPS) is 12.5. The predicted molar refractivity (Wildman–Crippen MR) is 171 cm³/mol. The SMILES string of the molecule is CCc1c(-c2ccc(NC(=O)[C@H](CCCC(Cl)Cl)NC(=O)c3ccnn3CC)nc2F)c(C)nn1COCC[Si](C)(C)C. The van der Waals surface area contributed by atoms with Crippen LogP contribution < -0.4 is 10.6 Å². The quantitative estimate of drug-likeness (QED) is 0.0824. The van der Waals surface area contributed by atoms with Crippen LogP contribution >= 0.6 is 23.2 Å². The molecule has 3 heterocycles. The Kier molecular flexibility index (Phi) is 12.7. The molecule has 0 radical (unpaired) electrons. The van der Waals surface area contributed by atoms with E-state index in [4.69, 9.17) is 27.9 Å². The van der Waals surface area contributed by atoms with E-state index in [0.29, 0.717) is 49.4 Å². The molecule has 2 N–H and O–H groups in total. The topological polar surface area (TPSA) is 116 Å². The molecule has 0 saturated heterocycles. The van der Waals surface area contributed by atoms with Crippen molar-refractivity contribution in [3.63, 3.8) is 0 Å². The fourth-order valence-electron chi connectivity index (χ4n) is 4.63.